The fourth-order valence-corrected chi connectivity index (χ4v) is 1.75. The Morgan fingerprint density at radius 3 is 3.07 bits per heavy atom. The molecule has 0 radical (unpaired) electrons. The molecule has 0 saturated heterocycles. The molecule has 0 N–H and O–H groups in total. The lowest BCUT2D eigenvalue weighted by Crippen LogP contribution is -2.01. The van der Waals surface area contributed by atoms with Gasteiger partial charge in [0.2, 0.25) is 0 Å². The summed E-state index contributed by atoms with van der Waals surface area (Å²) in [6.45, 7) is 0. The highest BCUT2D eigenvalue weighted by atomic mass is 79.9. The topological polar surface area (TPSA) is 52.3 Å². The van der Waals surface area contributed by atoms with Crippen LogP contribution in [0.15, 0.2) is 27.4 Å². The lowest BCUT2D eigenvalue weighted by molar-refractivity contribution is 0.0599. The number of ether oxygens (including phenoxy) is 1. The van der Waals surface area contributed by atoms with Gasteiger partial charge in [-0.15, -0.1) is 0 Å². The molecule has 72 valence electrons. The summed E-state index contributed by atoms with van der Waals surface area (Å²) in [6, 6.07) is 3.34. The van der Waals surface area contributed by atoms with Crippen molar-refractivity contribution in [3.63, 3.8) is 0 Å². The number of carbonyl (C=O) groups excluding carboxylic acids is 1. The molecule has 0 aliphatic rings. The molecule has 0 fully saturated rings. The van der Waals surface area contributed by atoms with E-state index in [-0.39, 0.29) is 0 Å². The first-order valence-corrected chi connectivity index (χ1v) is 4.63. The van der Waals surface area contributed by atoms with Gasteiger partial charge in [-0.25, -0.2) is 9.78 Å². The van der Waals surface area contributed by atoms with Crippen molar-refractivity contribution in [2.24, 2.45) is 0 Å². The summed E-state index contributed by atoms with van der Waals surface area (Å²) in [5.74, 6) is -0.407. The Labute approximate surface area is 88.0 Å². The molecule has 0 atom stereocenters. The Bertz CT molecular complexity index is 492. The van der Waals surface area contributed by atoms with Crippen LogP contribution >= 0.6 is 15.9 Å². The average molecular weight is 256 g/mol. The molecular formula is C9H6BrNO3. The summed E-state index contributed by atoms with van der Waals surface area (Å²) in [4.78, 5) is 15.2. The van der Waals surface area contributed by atoms with Crippen LogP contribution in [0.3, 0.4) is 0 Å². The van der Waals surface area contributed by atoms with Crippen molar-refractivity contribution in [1.82, 2.24) is 4.98 Å². The number of hydrogen-bond donors (Lipinski definition) is 0. The number of oxazole rings is 1. The first-order chi connectivity index (χ1) is 6.74. The molecule has 0 bridgehead atoms. The van der Waals surface area contributed by atoms with Gasteiger partial charge in [-0.3, -0.25) is 0 Å². The highest BCUT2D eigenvalue weighted by molar-refractivity contribution is 9.10. The molecule has 1 aromatic carbocycles. The fourth-order valence-electron chi connectivity index (χ4n) is 1.16. The van der Waals surface area contributed by atoms with E-state index < -0.39 is 5.97 Å². The van der Waals surface area contributed by atoms with Crippen LogP contribution in [0.2, 0.25) is 0 Å². The van der Waals surface area contributed by atoms with Gasteiger partial charge in [0.1, 0.15) is 5.52 Å². The molecule has 0 unspecified atom stereocenters. The molecule has 0 saturated carbocycles. The summed E-state index contributed by atoms with van der Waals surface area (Å²) in [6.07, 6.45) is 1.33. The number of nitrogens with zero attached hydrogens (tertiary/aromatic N) is 1. The fraction of sp³-hybridized carbons (Fsp3) is 0.111. The van der Waals surface area contributed by atoms with Crippen LogP contribution in [0.1, 0.15) is 10.4 Å². The molecule has 0 spiro atoms. The minimum Gasteiger partial charge on any atom is -0.465 e. The van der Waals surface area contributed by atoms with Gasteiger partial charge in [-0.1, -0.05) is 0 Å². The molecule has 5 heteroatoms. The molecule has 1 heterocycles. The first kappa shape index (κ1) is 9.21. The van der Waals surface area contributed by atoms with E-state index >= 15 is 0 Å². The lowest BCUT2D eigenvalue weighted by Gasteiger charge is -2.01. The van der Waals surface area contributed by atoms with Crippen LogP contribution in [0.25, 0.3) is 11.1 Å². The van der Waals surface area contributed by atoms with Crippen LogP contribution in [0.4, 0.5) is 0 Å². The second-order valence-electron chi connectivity index (χ2n) is 2.62. The molecule has 14 heavy (non-hydrogen) atoms. The van der Waals surface area contributed by atoms with Crippen LogP contribution in [-0.2, 0) is 4.74 Å². The first-order valence-electron chi connectivity index (χ1n) is 3.84. The number of carbonyl (C=O) groups is 1. The molecule has 2 rings (SSSR count). The van der Waals surface area contributed by atoms with Crippen LogP contribution in [-0.4, -0.2) is 18.1 Å². The highest BCUT2D eigenvalue weighted by Crippen LogP contribution is 2.27. The van der Waals surface area contributed by atoms with Gasteiger partial charge in [0.05, 0.1) is 17.1 Å². The van der Waals surface area contributed by atoms with E-state index in [0.717, 1.165) is 0 Å². The van der Waals surface area contributed by atoms with Gasteiger partial charge in [-0.05, 0) is 28.1 Å². The van der Waals surface area contributed by atoms with E-state index in [1.807, 2.05) is 0 Å². The van der Waals surface area contributed by atoms with Crippen molar-refractivity contribution in [2.45, 2.75) is 0 Å². The van der Waals surface area contributed by atoms with Gasteiger partial charge in [0.15, 0.2) is 12.0 Å². The second kappa shape index (κ2) is 3.42. The summed E-state index contributed by atoms with van der Waals surface area (Å²) < 4.78 is 10.3. The van der Waals surface area contributed by atoms with E-state index in [1.54, 1.807) is 12.1 Å². The van der Waals surface area contributed by atoms with Crippen LogP contribution in [0, 0.1) is 0 Å². The minimum atomic E-state index is -0.407. The Kier molecular flexibility index (Phi) is 2.25. The van der Waals surface area contributed by atoms with Crippen molar-refractivity contribution in [3.05, 3.63) is 28.6 Å². The van der Waals surface area contributed by atoms with Crippen molar-refractivity contribution in [2.75, 3.05) is 7.11 Å². The normalized spacial score (nSPS) is 10.4. The van der Waals surface area contributed by atoms with E-state index in [1.165, 1.54) is 13.5 Å². The van der Waals surface area contributed by atoms with Crippen molar-refractivity contribution in [1.29, 1.82) is 0 Å². The Balaban J connectivity index is 2.67. The van der Waals surface area contributed by atoms with E-state index in [2.05, 4.69) is 25.7 Å². The van der Waals surface area contributed by atoms with Gasteiger partial charge < -0.3 is 9.15 Å². The standard InChI is InChI=1S/C9H6BrNO3/c1-13-9(12)5-2-3-6-8(7(5)10)14-4-11-6/h2-4H,1H3. The van der Waals surface area contributed by atoms with Crippen molar-refractivity contribution >= 4 is 33.0 Å². The zero-order valence-corrected chi connectivity index (χ0v) is 8.87. The number of benzene rings is 1. The zero-order valence-electron chi connectivity index (χ0n) is 7.28. The largest absolute Gasteiger partial charge is 0.465 e. The monoisotopic (exact) mass is 255 g/mol. The minimum absolute atomic E-state index is 0.407. The van der Waals surface area contributed by atoms with Gasteiger partial charge >= 0.3 is 5.97 Å². The third-order valence-electron chi connectivity index (χ3n) is 1.84. The second-order valence-corrected chi connectivity index (χ2v) is 3.41. The highest BCUT2D eigenvalue weighted by Gasteiger charge is 2.14. The Hall–Kier alpha value is -1.36. The molecule has 4 nitrogen and oxygen atoms in total. The number of halogens is 1. The van der Waals surface area contributed by atoms with Gasteiger partial charge in [0, 0.05) is 0 Å². The molecule has 0 aliphatic carbocycles. The molecule has 0 amide bonds. The Morgan fingerprint density at radius 1 is 1.57 bits per heavy atom. The quantitative estimate of drug-likeness (QED) is 0.735. The van der Waals surface area contributed by atoms with Crippen molar-refractivity contribution < 1.29 is 13.9 Å². The maximum Gasteiger partial charge on any atom is 0.339 e. The SMILES string of the molecule is COC(=O)c1ccc2ncoc2c1Br. The predicted octanol–water partition coefficient (Wildman–Crippen LogP) is 2.38. The van der Waals surface area contributed by atoms with E-state index in [9.17, 15) is 4.79 Å². The average Bonchev–Trinajstić information content (AvgIpc) is 2.66. The molecule has 0 aliphatic heterocycles. The lowest BCUT2D eigenvalue weighted by atomic mass is 10.2. The van der Waals surface area contributed by atoms with Crippen LogP contribution in [0.5, 0.6) is 0 Å². The zero-order chi connectivity index (χ0) is 10.1. The maximum atomic E-state index is 11.3. The third kappa shape index (κ3) is 1.29. The number of esters is 1. The summed E-state index contributed by atoms with van der Waals surface area (Å²) in [7, 11) is 1.33. The van der Waals surface area contributed by atoms with Gasteiger partial charge in [0.25, 0.3) is 0 Å². The number of hydrogen-bond acceptors (Lipinski definition) is 4. The van der Waals surface area contributed by atoms with Crippen molar-refractivity contribution in [3.8, 4) is 0 Å². The van der Waals surface area contributed by atoms with E-state index in [0.29, 0.717) is 21.1 Å². The number of aromatic nitrogens is 1. The van der Waals surface area contributed by atoms with E-state index in [4.69, 9.17) is 4.42 Å². The number of fused-ring (bicyclic) bond motifs is 1. The summed E-state index contributed by atoms with van der Waals surface area (Å²) in [5.41, 5.74) is 1.68. The van der Waals surface area contributed by atoms with Crippen LogP contribution < -0.4 is 0 Å². The third-order valence-corrected chi connectivity index (χ3v) is 2.63. The number of methoxy groups -OCH3 is 1. The molecular weight excluding hydrogens is 250 g/mol. The predicted molar refractivity (Wildman–Crippen MR) is 53.0 cm³/mol. The summed E-state index contributed by atoms with van der Waals surface area (Å²) in [5, 5.41) is 0. The summed E-state index contributed by atoms with van der Waals surface area (Å²) >= 11 is 3.27. The smallest absolute Gasteiger partial charge is 0.339 e. The molecule has 1 aromatic heterocycles. The number of rotatable bonds is 1. The molecule has 2 aromatic rings. The Morgan fingerprint density at radius 2 is 2.36 bits per heavy atom. The maximum absolute atomic E-state index is 11.3. The van der Waals surface area contributed by atoms with Gasteiger partial charge in [-0.2, -0.15) is 0 Å².